The van der Waals surface area contributed by atoms with Gasteiger partial charge in [0, 0.05) is 0 Å². The quantitative estimate of drug-likeness (QED) is 0.386. The van der Waals surface area contributed by atoms with E-state index in [4.69, 9.17) is 10.8 Å². The lowest BCUT2D eigenvalue weighted by molar-refractivity contribution is -0.124. The number of hydrogen-bond acceptors (Lipinski definition) is 4. The largest absolute Gasteiger partial charge is 0.394 e. The first-order valence-electron chi connectivity index (χ1n) is 2.80. The van der Waals surface area contributed by atoms with E-state index in [9.17, 15) is 9.59 Å². The summed E-state index contributed by atoms with van der Waals surface area (Å²) in [6, 6.07) is -0.931. The summed E-state index contributed by atoms with van der Waals surface area (Å²) in [6.07, 6.45) is 0.544. The van der Waals surface area contributed by atoms with E-state index in [1.807, 2.05) is 0 Å². The molecule has 0 spiro atoms. The fourth-order valence-electron chi connectivity index (χ4n) is 0.356. The van der Waals surface area contributed by atoms with Crippen molar-refractivity contribution in [2.75, 3.05) is 13.2 Å². The van der Waals surface area contributed by atoms with E-state index in [1.165, 1.54) is 0 Å². The first-order valence-corrected chi connectivity index (χ1v) is 2.80. The molecule has 1 atom stereocenters. The molecule has 1 unspecified atom stereocenters. The van der Waals surface area contributed by atoms with Crippen LogP contribution in [-0.4, -0.2) is 36.5 Å². The lowest BCUT2D eigenvalue weighted by Crippen LogP contribution is -2.43. The lowest BCUT2D eigenvalue weighted by Gasteiger charge is -2.05. The van der Waals surface area contributed by atoms with Crippen LogP contribution in [0.4, 0.5) is 0 Å². The number of nitrogens with one attached hydrogen (secondary N) is 1. The zero-order valence-corrected chi connectivity index (χ0v) is 5.41. The van der Waals surface area contributed by atoms with Crippen LogP contribution in [0.1, 0.15) is 0 Å². The second-order valence-electron chi connectivity index (χ2n) is 1.70. The van der Waals surface area contributed by atoms with Gasteiger partial charge in [0.1, 0.15) is 12.3 Å². The van der Waals surface area contributed by atoms with Gasteiger partial charge in [-0.1, -0.05) is 0 Å². The molecule has 0 aromatic heterocycles. The summed E-state index contributed by atoms with van der Waals surface area (Å²) < 4.78 is 0. The molecule has 58 valence electrons. The van der Waals surface area contributed by atoms with Crippen LogP contribution in [0.2, 0.25) is 0 Å². The number of aldehydes is 1. The van der Waals surface area contributed by atoms with Crippen molar-refractivity contribution < 1.29 is 14.7 Å². The summed E-state index contributed by atoms with van der Waals surface area (Å²) in [5.41, 5.74) is 5.08. The second-order valence-corrected chi connectivity index (χ2v) is 1.70. The highest BCUT2D eigenvalue weighted by Gasteiger charge is 2.09. The molecule has 1 amide bonds. The minimum absolute atomic E-state index is 0.0630. The summed E-state index contributed by atoms with van der Waals surface area (Å²) >= 11 is 0. The highest BCUT2D eigenvalue weighted by atomic mass is 16.3. The minimum Gasteiger partial charge on any atom is -0.394 e. The molecule has 10 heavy (non-hydrogen) atoms. The molecular formula is C5H10N2O3. The number of aliphatic hydroxyl groups is 1. The van der Waals surface area contributed by atoms with Gasteiger partial charge in [0.25, 0.3) is 0 Å². The van der Waals surface area contributed by atoms with Crippen molar-refractivity contribution in [3.63, 3.8) is 0 Å². The highest BCUT2D eigenvalue weighted by Crippen LogP contribution is 1.73. The van der Waals surface area contributed by atoms with Gasteiger partial charge in [0.15, 0.2) is 0 Å². The van der Waals surface area contributed by atoms with Gasteiger partial charge in [0.2, 0.25) is 5.91 Å². The normalized spacial score (nSPS) is 12.2. The fraction of sp³-hybridized carbons (Fsp3) is 0.600. The summed E-state index contributed by atoms with van der Waals surface area (Å²) in [5, 5.41) is 10.5. The Morgan fingerprint density at radius 3 is 2.80 bits per heavy atom. The van der Waals surface area contributed by atoms with E-state index in [2.05, 4.69) is 5.32 Å². The zero-order valence-electron chi connectivity index (χ0n) is 5.41. The van der Waals surface area contributed by atoms with Gasteiger partial charge in [-0.2, -0.15) is 0 Å². The molecule has 0 rings (SSSR count). The van der Waals surface area contributed by atoms with E-state index in [0.717, 1.165) is 0 Å². The summed E-state index contributed by atoms with van der Waals surface area (Å²) in [7, 11) is 0. The van der Waals surface area contributed by atoms with Gasteiger partial charge in [-0.25, -0.2) is 0 Å². The summed E-state index contributed by atoms with van der Waals surface area (Å²) in [4.78, 5) is 20.3. The maximum absolute atomic E-state index is 10.6. The van der Waals surface area contributed by atoms with Crippen molar-refractivity contribution in [3.8, 4) is 0 Å². The number of amides is 1. The monoisotopic (exact) mass is 146 g/mol. The molecule has 0 aromatic rings. The molecule has 4 N–H and O–H groups in total. The van der Waals surface area contributed by atoms with E-state index in [0.29, 0.717) is 6.29 Å². The Balaban J connectivity index is 3.51. The Kier molecular flexibility index (Phi) is 4.43. The van der Waals surface area contributed by atoms with Crippen molar-refractivity contribution >= 4 is 12.2 Å². The maximum Gasteiger partial charge on any atom is 0.239 e. The molecular weight excluding hydrogens is 136 g/mol. The van der Waals surface area contributed by atoms with Gasteiger partial charge in [-0.15, -0.1) is 0 Å². The lowest BCUT2D eigenvalue weighted by atomic mass is 10.3. The first-order chi connectivity index (χ1) is 4.72. The Morgan fingerprint density at radius 2 is 2.40 bits per heavy atom. The van der Waals surface area contributed by atoms with Gasteiger partial charge >= 0.3 is 0 Å². The van der Waals surface area contributed by atoms with Crippen LogP contribution in [0.25, 0.3) is 0 Å². The molecule has 0 fully saturated rings. The van der Waals surface area contributed by atoms with Crippen LogP contribution >= 0.6 is 0 Å². The highest BCUT2D eigenvalue weighted by molar-refractivity contribution is 5.83. The molecule has 0 aliphatic rings. The zero-order chi connectivity index (χ0) is 7.98. The van der Waals surface area contributed by atoms with Crippen LogP contribution in [0.15, 0.2) is 0 Å². The van der Waals surface area contributed by atoms with Crippen LogP contribution in [0.3, 0.4) is 0 Å². The third-order valence-electron chi connectivity index (χ3n) is 0.893. The standard InChI is InChI=1S/C5H10N2O3/c6-4(3-9)5(10)7-1-2-8/h2,4,9H,1,3,6H2,(H,7,10). The van der Waals surface area contributed by atoms with Crippen LogP contribution in [0, 0.1) is 0 Å². The van der Waals surface area contributed by atoms with Crippen LogP contribution in [0.5, 0.6) is 0 Å². The van der Waals surface area contributed by atoms with E-state index in [1.54, 1.807) is 0 Å². The molecule has 0 saturated heterocycles. The molecule has 0 radical (unpaired) electrons. The molecule has 0 aliphatic heterocycles. The van der Waals surface area contributed by atoms with Crippen molar-refractivity contribution in [3.05, 3.63) is 0 Å². The molecule has 0 bridgehead atoms. The number of nitrogens with two attached hydrogens (primary N) is 1. The Morgan fingerprint density at radius 1 is 1.80 bits per heavy atom. The average molecular weight is 146 g/mol. The third-order valence-corrected chi connectivity index (χ3v) is 0.893. The number of carbonyl (C=O) groups is 2. The number of hydrogen-bond donors (Lipinski definition) is 3. The first kappa shape index (κ1) is 9.06. The predicted octanol–water partition coefficient (Wildman–Crippen LogP) is -2.38. The SMILES string of the molecule is NC(CO)C(=O)NCC=O. The predicted molar refractivity (Wildman–Crippen MR) is 34.1 cm³/mol. The van der Waals surface area contributed by atoms with Gasteiger partial charge in [-0.3, -0.25) is 4.79 Å². The van der Waals surface area contributed by atoms with Gasteiger partial charge in [0.05, 0.1) is 13.2 Å². The average Bonchev–Trinajstić information content (AvgIpc) is 1.98. The number of rotatable bonds is 4. The Bertz CT molecular complexity index is 126. The van der Waals surface area contributed by atoms with E-state index >= 15 is 0 Å². The molecule has 5 nitrogen and oxygen atoms in total. The van der Waals surface area contributed by atoms with Crippen molar-refractivity contribution in [1.29, 1.82) is 0 Å². The smallest absolute Gasteiger partial charge is 0.239 e. The van der Waals surface area contributed by atoms with Crippen molar-refractivity contribution in [2.24, 2.45) is 5.73 Å². The minimum atomic E-state index is -0.931. The Labute approximate surface area is 58.2 Å². The van der Waals surface area contributed by atoms with Gasteiger partial charge < -0.3 is 21.0 Å². The van der Waals surface area contributed by atoms with E-state index < -0.39 is 18.6 Å². The number of carbonyl (C=O) groups excluding carboxylic acids is 2. The summed E-state index contributed by atoms with van der Waals surface area (Å²) in [6.45, 7) is -0.475. The molecule has 0 heterocycles. The third kappa shape index (κ3) is 3.16. The Hall–Kier alpha value is -0.940. The van der Waals surface area contributed by atoms with Crippen molar-refractivity contribution in [2.45, 2.75) is 6.04 Å². The molecule has 0 aromatic carbocycles. The topological polar surface area (TPSA) is 92.4 Å². The summed E-state index contributed by atoms with van der Waals surface area (Å²) in [5.74, 6) is -0.519. The van der Waals surface area contributed by atoms with Gasteiger partial charge in [-0.05, 0) is 0 Å². The number of aliphatic hydroxyl groups excluding tert-OH is 1. The molecule has 0 aliphatic carbocycles. The molecule has 0 saturated carbocycles. The van der Waals surface area contributed by atoms with Crippen LogP contribution in [-0.2, 0) is 9.59 Å². The molecule has 5 heteroatoms. The second kappa shape index (κ2) is 4.89. The van der Waals surface area contributed by atoms with E-state index in [-0.39, 0.29) is 6.54 Å². The van der Waals surface area contributed by atoms with Crippen LogP contribution < -0.4 is 11.1 Å². The van der Waals surface area contributed by atoms with Crippen molar-refractivity contribution in [1.82, 2.24) is 5.32 Å². The maximum atomic E-state index is 10.6. The fourth-order valence-corrected chi connectivity index (χ4v) is 0.356.